The summed E-state index contributed by atoms with van der Waals surface area (Å²) in [6, 6.07) is 5.48. The number of amides is 2. The number of carbonyl (C=O) groups excluding carboxylic acids is 2. The van der Waals surface area contributed by atoms with Gasteiger partial charge in [0.2, 0.25) is 0 Å². The molecule has 8 nitrogen and oxygen atoms in total. The summed E-state index contributed by atoms with van der Waals surface area (Å²) in [5.74, 6) is 0.341. The summed E-state index contributed by atoms with van der Waals surface area (Å²) < 4.78 is 7.43. The molecule has 0 radical (unpaired) electrons. The van der Waals surface area contributed by atoms with Crippen molar-refractivity contribution in [3.63, 3.8) is 0 Å². The fourth-order valence-corrected chi connectivity index (χ4v) is 3.33. The van der Waals surface area contributed by atoms with Gasteiger partial charge in [-0.05, 0) is 39.0 Å². The van der Waals surface area contributed by atoms with Crippen LogP contribution in [-0.2, 0) is 9.53 Å². The maximum absolute atomic E-state index is 12.9. The van der Waals surface area contributed by atoms with E-state index in [1.807, 2.05) is 19.9 Å². The number of aryl methyl sites for hydroxylation is 2. The molecular weight excluding hydrogens is 346 g/mol. The average Bonchev–Trinajstić information content (AvgIpc) is 2.98. The molecule has 8 heteroatoms. The zero-order valence-corrected chi connectivity index (χ0v) is 16.4. The van der Waals surface area contributed by atoms with Crippen molar-refractivity contribution in [2.75, 3.05) is 33.8 Å². The third kappa shape index (κ3) is 3.71. The van der Waals surface area contributed by atoms with E-state index in [1.165, 1.54) is 4.90 Å². The van der Waals surface area contributed by atoms with Crippen LogP contribution in [0.5, 0.6) is 0 Å². The van der Waals surface area contributed by atoms with E-state index in [0.717, 1.165) is 11.4 Å². The molecule has 2 aromatic rings. The Hall–Kier alpha value is -2.74. The van der Waals surface area contributed by atoms with E-state index in [1.54, 1.807) is 48.9 Å². The molecule has 0 N–H and O–H groups in total. The highest BCUT2D eigenvalue weighted by Gasteiger charge is 2.41. The molecule has 1 fully saturated rings. The lowest BCUT2D eigenvalue weighted by molar-refractivity contribution is -0.162. The van der Waals surface area contributed by atoms with Crippen LogP contribution < -0.4 is 0 Å². The summed E-state index contributed by atoms with van der Waals surface area (Å²) in [6.45, 7) is 6.57. The lowest BCUT2D eigenvalue weighted by Crippen LogP contribution is -2.59. The minimum absolute atomic E-state index is 0.155. The smallest absolute Gasteiger partial charge is 0.255 e. The van der Waals surface area contributed by atoms with Crippen LogP contribution in [0.25, 0.3) is 5.82 Å². The monoisotopic (exact) mass is 371 g/mol. The molecule has 0 aromatic carbocycles. The fraction of sp³-hybridized carbons (Fsp3) is 0.474. The first kappa shape index (κ1) is 19.0. The second kappa shape index (κ2) is 7.11. The Morgan fingerprint density at radius 1 is 1.26 bits per heavy atom. The summed E-state index contributed by atoms with van der Waals surface area (Å²) in [7, 11) is 3.36. The number of ether oxygens (including phenoxy) is 1. The predicted molar refractivity (Wildman–Crippen MR) is 99.8 cm³/mol. The maximum atomic E-state index is 12.9. The number of hydrogen-bond acceptors (Lipinski definition) is 5. The number of pyridine rings is 1. The van der Waals surface area contributed by atoms with Gasteiger partial charge in [-0.1, -0.05) is 0 Å². The molecule has 3 heterocycles. The highest BCUT2D eigenvalue weighted by atomic mass is 16.5. The predicted octanol–water partition coefficient (Wildman–Crippen LogP) is 1.20. The van der Waals surface area contributed by atoms with E-state index in [0.29, 0.717) is 24.5 Å². The van der Waals surface area contributed by atoms with Gasteiger partial charge in [-0.2, -0.15) is 5.10 Å². The molecule has 3 rings (SSSR count). The molecule has 1 saturated heterocycles. The van der Waals surface area contributed by atoms with E-state index >= 15 is 0 Å². The molecule has 0 saturated carbocycles. The van der Waals surface area contributed by atoms with Gasteiger partial charge in [0.15, 0.2) is 11.4 Å². The Balaban J connectivity index is 1.77. The molecule has 0 aliphatic carbocycles. The minimum atomic E-state index is -1.03. The summed E-state index contributed by atoms with van der Waals surface area (Å²) in [5, 5.41) is 4.40. The zero-order chi connectivity index (χ0) is 19.8. The highest BCUT2D eigenvalue weighted by molar-refractivity contribution is 5.95. The summed E-state index contributed by atoms with van der Waals surface area (Å²) in [5.41, 5.74) is 1.33. The van der Waals surface area contributed by atoms with Gasteiger partial charge in [-0.25, -0.2) is 9.67 Å². The Kier molecular flexibility index (Phi) is 5.01. The summed E-state index contributed by atoms with van der Waals surface area (Å²) in [6.07, 6.45) is 1.55. The number of likely N-dealkylation sites (N-methyl/N-ethyl adjacent to an activating group) is 1. The number of rotatable bonds is 3. The molecule has 0 bridgehead atoms. The van der Waals surface area contributed by atoms with Crippen molar-refractivity contribution in [3.05, 3.63) is 41.3 Å². The van der Waals surface area contributed by atoms with Crippen LogP contribution in [0.4, 0.5) is 0 Å². The highest BCUT2D eigenvalue weighted by Crippen LogP contribution is 2.21. The van der Waals surface area contributed by atoms with Crippen molar-refractivity contribution in [3.8, 4) is 5.82 Å². The van der Waals surface area contributed by atoms with E-state index in [-0.39, 0.29) is 18.4 Å². The molecule has 144 valence electrons. The Morgan fingerprint density at radius 2 is 2.00 bits per heavy atom. The van der Waals surface area contributed by atoms with Gasteiger partial charge < -0.3 is 14.5 Å². The van der Waals surface area contributed by atoms with E-state index in [4.69, 9.17) is 4.74 Å². The molecule has 1 aliphatic rings. The zero-order valence-electron chi connectivity index (χ0n) is 16.4. The minimum Gasteiger partial charge on any atom is -0.362 e. The van der Waals surface area contributed by atoms with Crippen LogP contribution in [0.2, 0.25) is 0 Å². The normalized spacial score (nSPS) is 19.8. The van der Waals surface area contributed by atoms with Gasteiger partial charge in [-0.3, -0.25) is 9.59 Å². The van der Waals surface area contributed by atoms with Crippen molar-refractivity contribution in [1.29, 1.82) is 0 Å². The van der Waals surface area contributed by atoms with Crippen molar-refractivity contribution < 1.29 is 14.3 Å². The van der Waals surface area contributed by atoms with Crippen LogP contribution in [-0.4, -0.2) is 75.8 Å². The van der Waals surface area contributed by atoms with Crippen molar-refractivity contribution in [2.24, 2.45) is 0 Å². The van der Waals surface area contributed by atoms with Gasteiger partial charge in [0.05, 0.1) is 24.4 Å². The Bertz CT molecular complexity index is 859. The van der Waals surface area contributed by atoms with Gasteiger partial charge in [0, 0.05) is 32.5 Å². The Labute approximate surface area is 158 Å². The molecule has 0 spiro atoms. The van der Waals surface area contributed by atoms with Crippen molar-refractivity contribution >= 4 is 11.8 Å². The summed E-state index contributed by atoms with van der Waals surface area (Å²) in [4.78, 5) is 32.8. The number of carbonyl (C=O) groups is 2. The van der Waals surface area contributed by atoms with Crippen LogP contribution in [0.15, 0.2) is 24.4 Å². The topological polar surface area (TPSA) is 80.6 Å². The van der Waals surface area contributed by atoms with Crippen molar-refractivity contribution in [1.82, 2.24) is 24.6 Å². The maximum Gasteiger partial charge on any atom is 0.255 e. The molecule has 27 heavy (non-hydrogen) atoms. The first-order valence-corrected chi connectivity index (χ1v) is 8.86. The number of morpholine rings is 1. The van der Waals surface area contributed by atoms with Gasteiger partial charge in [0.25, 0.3) is 11.8 Å². The lowest BCUT2D eigenvalue weighted by atomic mass is 10.0. The van der Waals surface area contributed by atoms with Gasteiger partial charge in [0.1, 0.15) is 0 Å². The third-order valence-electron chi connectivity index (χ3n) is 4.64. The van der Waals surface area contributed by atoms with Crippen LogP contribution in [0, 0.1) is 13.8 Å². The quantitative estimate of drug-likeness (QED) is 0.810. The lowest BCUT2D eigenvalue weighted by Gasteiger charge is -2.40. The average molecular weight is 371 g/mol. The largest absolute Gasteiger partial charge is 0.362 e. The molecule has 2 amide bonds. The first-order chi connectivity index (χ1) is 12.7. The number of nitrogens with zero attached hydrogens (tertiary/aromatic N) is 5. The second-order valence-corrected chi connectivity index (χ2v) is 7.25. The summed E-state index contributed by atoms with van der Waals surface area (Å²) >= 11 is 0. The SMILES string of the molecule is Cc1cc(C)n(-c2ccc(C(=O)N3CCO[C@@](C)(C(=O)N(C)C)C3)cn2)n1. The van der Waals surface area contributed by atoms with E-state index in [2.05, 4.69) is 10.1 Å². The van der Waals surface area contributed by atoms with Crippen LogP contribution >= 0.6 is 0 Å². The molecule has 1 aliphatic heterocycles. The number of hydrogen-bond donors (Lipinski definition) is 0. The van der Waals surface area contributed by atoms with Gasteiger partial charge >= 0.3 is 0 Å². The Morgan fingerprint density at radius 3 is 2.56 bits per heavy atom. The number of aromatic nitrogens is 3. The van der Waals surface area contributed by atoms with Gasteiger partial charge in [-0.15, -0.1) is 0 Å². The van der Waals surface area contributed by atoms with Crippen molar-refractivity contribution in [2.45, 2.75) is 26.4 Å². The second-order valence-electron chi connectivity index (χ2n) is 7.25. The third-order valence-corrected chi connectivity index (χ3v) is 4.64. The molecule has 0 unspecified atom stereocenters. The first-order valence-electron chi connectivity index (χ1n) is 8.86. The van der Waals surface area contributed by atoms with Crippen LogP contribution in [0.3, 0.4) is 0 Å². The molecule has 1 atom stereocenters. The molecular formula is C19H25N5O3. The fourth-order valence-electron chi connectivity index (χ4n) is 3.33. The van der Waals surface area contributed by atoms with Crippen LogP contribution in [0.1, 0.15) is 28.7 Å². The standard InChI is InChI=1S/C19H25N5O3/c1-13-10-14(2)24(21-13)16-7-6-15(11-20-16)17(25)23-8-9-27-19(3,12-23)18(26)22(4)5/h6-7,10-11H,8-9,12H2,1-5H3/t19-/m1/s1. The van der Waals surface area contributed by atoms with E-state index < -0.39 is 5.60 Å². The molecule has 2 aromatic heterocycles. The van der Waals surface area contributed by atoms with E-state index in [9.17, 15) is 9.59 Å².